The first kappa shape index (κ1) is 15.0. The number of halogens is 2. The predicted molar refractivity (Wildman–Crippen MR) is 82.2 cm³/mol. The predicted octanol–water partition coefficient (Wildman–Crippen LogP) is 3.49. The van der Waals surface area contributed by atoms with Crippen molar-refractivity contribution in [3.8, 4) is 0 Å². The molecule has 0 radical (unpaired) electrons. The summed E-state index contributed by atoms with van der Waals surface area (Å²) in [5.41, 5.74) is 2.60. The molecule has 0 saturated heterocycles. The third-order valence-electron chi connectivity index (χ3n) is 4.01. The molecule has 2 aromatic rings. The number of hydrogen-bond acceptors (Lipinski definition) is 2. The number of nitrogens with zero attached hydrogens (tertiary/aromatic N) is 1. The summed E-state index contributed by atoms with van der Waals surface area (Å²) in [5.74, 6) is -1.17. The average molecular weight is 320 g/mol. The zero-order chi connectivity index (χ0) is 15.7. The first-order chi connectivity index (χ1) is 10.5. The molecular weight excluding hydrogens is 305 g/mol. The topological polar surface area (TPSA) is 40.5 Å². The van der Waals surface area contributed by atoms with Crippen LogP contribution in [0.5, 0.6) is 0 Å². The summed E-state index contributed by atoms with van der Waals surface area (Å²) >= 11 is 6.16. The van der Waals surface area contributed by atoms with E-state index in [0.717, 1.165) is 16.7 Å². The van der Waals surface area contributed by atoms with E-state index in [1.165, 1.54) is 12.1 Å². The Morgan fingerprint density at radius 1 is 1.27 bits per heavy atom. The highest BCUT2D eigenvalue weighted by molar-refractivity contribution is 6.31. The van der Waals surface area contributed by atoms with Crippen molar-refractivity contribution in [1.82, 2.24) is 4.90 Å². The quantitative estimate of drug-likeness (QED) is 0.941. The molecule has 1 aliphatic rings. The van der Waals surface area contributed by atoms with E-state index in [1.807, 2.05) is 23.1 Å². The maximum absolute atomic E-state index is 13.4. The molecule has 3 nitrogen and oxygen atoms in total. The molecule has 2 aromatic carbocycles. The number of aliphatic carboxylic acids is 1. The fraction of sp³-hybridized carbons (Fsp3) is 0.235. The van der Waals surface area contributed by atoms with Crippen LogP contribution in [-0.4, -0.2) is 22.0 Å². The first-order valence-corrected chi connectivity index (χ1v) is 7.40. The molecule has 0 aromatic heterocycles. The second-order valence-electron chi connectivity index (χ2n) is 5.47. The zero-order valence-corrected chi connectivity index (χ0v) is 12.6. The lowest BCUT2D eigenvalue weighted by Crippen LogP contribution is -2.45. The Balaban J connectivity index is 1.91. The Morgan fingerprint density at radius 3 is 2.77 bits per heavy atom. The Morgan fingerprint density at radius 2 is 2.05 bits per heavy atom. The molecule has 0 fully saturated rings. The second-order valence-corrected chi connectivity index (χ2v) is 5.87. The molecule has 0 saturated carbocycles. The first-order valence-electron chi connectivity index (χ1n) is 7.02. The summed E-state index contributed by atoms with van der Waals surface area (Å²) in [6.07, 6.45) is 0.370. The van der Waals surface area contributed by atoms with Crippen LogP contribution in [0.1, 0.15) is 16.7 Å². The Kier molecular flexibility index (Phi) is 4.14. The van der Waals surface area contributed by atoms with Gasteiger partial charge in [-0.3, -0.25) is 9.69 Å². The van der Waals surface area contributed by atoms with Crippen LogP contribution in [-0.2, 0) is 24.3 Å². The summed E-state index contributed by atoms with van der Waals surface area (Å²) in [6, 6.07) is 11.3. The van der Waals surface area contributed by atoms with Crippen molar-refractivity contribution in [3.63, 3.8) is 0 Å². The van der Waals surface area contributed by atoms with Crippen LogP contribution < -0.4 is 0 Å². The van der Waals surface area contributed by atoms with Crippen molar-refractivity contribution in [2.45, 2.75) is 25.6 Å². The van der Waals surface area contributed by atoms with Gasteiger partial charge < -0.3 is 5.11 Å². The molecule has 114 valence electrons. The number of hydrogen-bond donors (Lipinski definition) is 1. The van der Waals surface area contributed by atoms with Gasteiger partial charge in [-0.2, -0.15) is 0 Å². The highest BCUT2D eigenvalue weighted by Crippen LogP contribution is 2.27. The molecule has 1 unspecified atom stereocenters. The second kappa shape index (κ2) is 6.07. The van der Waals surface area contributed by atoms with E-state index in [-0.39, 0.29) is 5.82 Å². The molecule has 1 N–H and O–H groups in total. The van der Waals surface area contributed by atoms with E-state index in [4.69, 9.17) is 11.6 Å². The van der Waals surface area contributed by atoms with E-state index in [9.17, 15) is 14.3 Å². The molecule has 0 aliphatic carbocycles. The number of carbonyl (C=O) groups is 1. The van der Waals surface area contributed by atoms with E-state index >= 15 is 0 Å². The molecule has 3 rings (SSSR count). The summed E-state index contributed by atoms with van der Waals surface area (Å²) < 4.78 is 13.4. The molecule has 1 heterocycles. The van der Waals surface area contributed by atoms with Crippen LogP contribution in [0.15, 0.2) is 42.5 Å². The van der Waals surface area contributed by atoms with Crippen molar-refractivity contribution in [1.29, 1.82) is 0 Å². The lowest BCUT2D eigenvalue weighted by atomic mass is 9.93. The lowest BCUT2D eigenvalue weighted by Gasteiger charge is -2.34. The normalized spacial score (nSPS) is 18.0. The van der Waals surface area contributed by atoms with Gasteiger partial charge in [0.25, 0.3) is 0 Å². The smallest absolute Gasteiger partial charge is 0.321 e. The minimum atomic E-state index is -0.873. The monoisotopic (exact) mass is 319 g/mol. The van der Waals surface area contributed by atoms with Crippen LogP contribution in [0, 0.1) is 5.82 Å². The van der Waals surface area contributed by atoms with Crippen LogP contribution in [0.2, 0.25) is 5.02 Å². The van der Waals surface area contributed by atoms with Gasteiger partial charge in [0.2, 0.25) is 0 Å². The van der Waals surface area contributed by atoms with Gasteiger partial charge in [0.05, 0.1) is 0 Å². The standard InChI is InChI=1S/C17H15ClFNO2/c18-15-4-2-1-3-12(15)9-20-10-13-7-14(19)6-5-11(13)8-16(20)17(21)22/h1-7,16H,8-10H2,(H,21,22). The van der Waals surface area contributed by atoms with Crippen molar-refractivity contribution in [2.24, 2.45) is 0 Å². The number of fused-ring (bicyclic) bond motifs is 1. The summed E-state index contributed by atoms with van der Waals surface area (Å²) in [5, 5.41) is 10.1. The van der Waals surface area contributed by atoms with E-state index < -0.39 is 12.0 Å². The third-order valence-corrected chi connectivity index (χ3v) is 4.38. The van der Waals surface area contributed by atoms with Gasteiger partial charge >= 0.3 is 5.97 Å². The number of carboxylic acids is 1. The van der Waals surface area contributed by atoms with Crippen molar-refractivity contribution >= 4 is 17.6 Å². The molecule has 0 amide bonds. The Labute approximate surface area is 132 Å². The van der Waals surface area contributed by atoms with Crippen molar-refractivity contribution in [2.75, 3.05) is 0 Å². The number of benzene rings is 2. The maximum Gasteiger partial charge on any atom is 0.321 e. The lowest BCUT2D eigenvalue weighted by molar-refractivity contribution is -0.144. The average Bonchev–Trinajstić information content (AvgIpc) is 2.48. The summed E-state index contributed by atoms with van der Waals surface area (Å²) in [6.45, 7) is 0.821. The van der Waals surface area contributed by atoms with Gasteiger partial charge in [-0.15, -0.1) is 0 Å². The molecule has 0 spiro atoms. The summed E-state index contributed by atoms with van der Waals surface area (Å²) in [4.78, 5) is 13.4. The van der Waals surface area contributed by atoms with E-state index in [0.29, 0.717) is 24.5 Å². The minimum absolute atomic E-state index is 0.301. The number of carboxylic acid groups (broad SMARTS) is 1. The molecular formula is C17H15ClFNO2. The van der Waals surface area contributed by atoms with Crippen LogP contribution in [0.25, 0.3) is 0 Å². The number of rotatable bonds is 3. The highest BCUT2D eigenvalue weighted by atomic mass is 35.5. The van der Waals surface area contributed by atoms with E-state index in [2.05, 4.69) is 0 Å². The molecule has 0 bridgehead atoms. The molecule has 22 heavy (non-hydrogen) atoms. The van der Waals surface area contributed by atoms with Crippen LogP contribution in [0.4, 0.5) is 4.39 Å². The Bertz CT molecular complexity index is 720. The SMILES string of the molecule is O=C(O)C1Cc2ccc(F)cc2CN1Cc1ccccc1Cl. The maximum atomic E-state index is 13.4. The third kappa shape index (κ3) is 2.98. The van der Waals surface area contributed by atoms with E-state index in [1.54, 1.807) is 12.1 Å². The van der Waals surface area contributed by atoms with Gasteiger partial charge in [0.15, 0.2) is 0 Å². The Hall–Kier alpha value is -1.91. The largest absolute Gasteiger partial charge is 0.480 e. The fourth-order valence-corrected chi connectivity index (χ4v) is 3.06. The highest BCUT2D eigenvalue weighted by Gasteiger charge is 2.31. The van der Waals surface area contributed by atoms with Crippen molar-refractivity contribution < 1.29 is 14.3 Å². The summed E-state index contributed by atoms with van der Waals surface area (Å²) in [7, 11) is 0. The molecule has 5 heteroatoms. The van der Waals surface area contributed by atoms with Crippen LogP contribution >= 0.6 is 11.6 Å². The van der Waals surface area contributed by atoms with Gasteiger partial charge in [-0.1, -0.05) is 35.9 Å². The van der Waals surface area contributed by atoms with Gasteiger partial charge in [-0.25, -0.2) is 4.39 Å². The fourth-order valence-electron chi connectivity index (χ4n) is 2.86. The van der Waals surface area contributed by atoms with Crippen LogP contribution in [0.3, 0.4) is 0 Å². The molecule has 1 aliphatic heterocycles. The van der Waals surface area contributed by atoms with Crippen molar-refractivity contribution in [3.05, 3.63) is 70.0 Å². The zero-order valence-electron chi connectivity index (χ0n) is 11.8. The minimum Gasteiger partial charge on any atom is -0.480 e. The molecule has 1 atom stereocenters. The van der Waals surface area contributed by atoms with Gasteiger partial charge in [0, 0.05) is 18.1 Å². The van der Waals surface area contributed by atoms with Gasteiger partial charge in [-0.05, 0) is 41.3 Å². The van der Waals surface area contributed by atoms with Gasteiger partial charge in [0.1, 0.15) is 11.9 Å².